The number of ether oxygens (including phenoxy) is 2. The average Bonchev–Trinajstić information content (AvgIpc) is 2.99. The Balaban J connectivity index is 1.08. The second kappa shape index (κ2) is 12.9. The number of fused-ring (bicyclic) bond motifs is 6. The van der Waals surface area contributed by atoms with Gasteiger partial charge in [0.25, 0.3) is 0 Å². The molecule has 6 unspecified atom stereocenters. The summed E-state index contributed by atoms with van der Waals surface area (Å²) in [6.07, 6.45) is 10.8. The summed E-state index contributed by atoms with van der Waals surface area (Å²) < 4.78 is 12.9. The summed E-state index contributed by atoms with van der Waals surface area (Å²) in [5, 5.41) is 0. The van der Waals surface area contributed by atoms with Crippen molar-refractivity contribution in [3.63, 3.8) is 0 Å². The first-order valence-electron chi connectivity index (χ1n) is 19.3. The summed E-state index contributed by atoms with van der Waals surface area (Å²) >= 11 is 0. The maximum atomic E-state index is 13.5. The Labute approximate surface area is 291 Å². The van der Waals surface area contributed by atoms with Crippen molar-refractivity contribution in [3.8, 4) is 0 Å². The van der Waals surface area contributed by atoms with Gasteiger partial charge in [-0.05, 0) is 140 Å². The maximum absolute atomic E-state index is 13.5. The quantitative estimate of drug-likeness (QED) is 0.266. The van der Waals surface area contributed by atoms with E-state index in [2.05, 4.69) is 91.8 Å². The van der Waals surface area contributed by atoms with Gasteiger partial charge in [-0.3, -0.25) is 9.59 Å². The van der Waals surface area contributed by atoms with Gasteiger partial charge in [-0.25, -0.2) is 0 Å². The molecule has 0 radical (unpaired) electrons. The fraction of sp³-hybridized carbons (Fsp3) is 0.682. The van der Waals surface area contributed by atoms with E-state index < -0.39 is 11.2 Å². The third kappa shape index (κ3) is 6.28. The lowest BCUT2D eigenvalue weighted by atomic mass is 9.53. The molecule has 0 spiro atoms. The SMILES string of the molecule is CC(CC(=O)OC1(C)CCCC2(C)c3ccc(C(C)C)cc3CCC12)CC(=O)OC1(C)CCCC2(C)c3ccc(C(C)C)cc3CCC12. The van der Waals surface area contributed by atoms with Gasteiger partial charge < -0.3 is 9.47 Å². The highest BCUT2D eigenvalue weighted by atomic mass is 16.6. The van der Waals surface area contributed by atoms with Crippen LogP contribution in [0.5, 0.6) is 0 Å². The van der Waals surface area contributed by atoms with E-state index in [9.17, 15) is 9.59 Å². The lowest BCUT2D eigenvalue weighted by molar-refractivity contribution is -0.177. The van der Waals surface area contributed by atoms with Gasteiger partial charge in [-0.2, -0.15) is 0 Å². The molecule has 0 aromatic heterocycles. The molecule has 4 aliphatic carbocycles. The van der Waals surface area contributed by atoms with Crippen LogP contribution in [-0.2, 0) is 42.7 Å². The third-order valence-electron chi connectivity index (χ3n) is 13.7. The molecular weight excluding hydrogens is 592 g/mol. The summed E-state index contributed by atoms with van der Waals surface area (Å²) in [7, 11) is 0. The van der Waals surface area contributed by atoms with Crippen LogP contribution in [0.25, 0.3) is 0 Å². The van der Waals surface area contributed by atoms with Crippen LogP contribution in [0, 0.1) is 17.8 Å². The summed E-state index contributed by atoms with van der Waals surface area (Å²) in [6, 6.07) is 14.2. The summed E-state index contributed by atoms with van der Waals surface area (Å²) in [5.74, 6) is 1.13. The van der Waals surface area contributed by atoms with Crippen LogP contribution in [0.15, 0.2) is 36.4 Å². The zero-order valence-corrected chi connectivity index (χ0v) is 31.5. The molecule has 2 aromatic carbocycles. The highest BCUT2D eigenvalue weighted by Gasteiger charge is 2.55. The summed E-state index contributed by atoms with van der Waals surface area (Å²) in [5.41, 5.74) is 7.70. The smallest absolute Gasteiger partial charge is 0.306 e. The monoisotopic (exact) mass is 654 g/mol. The zero-order chi connectivity index (χ0) is 34.6. The fourth-order valence-electron chi connectivity index (χ4n) is 11.1. The van der Waals surface area contributed by atoms with E-state index in [1.807, 2.05) is 6.92 Å². The number of carbonyl (C=O) groups excluding carboxylic acids is 2. The van der Waals surface area contributed by atoms with Gasteiger partial charge in [0, 0.05) is 24.7 Å². The normalized spacial score (nSPS) is 33.2. The molecule has 0 heterocycles. The Bertz CT molecular complexity index is 1420. The first-order chi connectivity index (χ1) is 22.6. The van der Waals surface area contributed by atoms with E-state index in [1.165, 1.54) is 33.4 Å². The predicted molar refractivity (Wildman–Crippen MR) is 194 cm³/mol. The number of hydrogen-bond donors (Lipinski definition) is 0. The molecule has 6 atom stereocenters. The summed E-state index contributed by atoms with van der Waals surface area (Å²) in [4.78, 5) is 27.1. The second-order valence-electron chi connectivity index (χ2n) is 18.0. The van der Waals surface area contributed by atoms with Crippen molar-refractivity contribution < 1.29 is 19.1 Å². The molecule has 0 aliphatic heterocycles. The van der Waals surface area contributed by atoms with Gasteiger partial charge in [0.15, 0.2) is 0 Å². The minimum Gasteiger partial charge on any atom is -0.459 e. The van der Waals surface area contributed by atoms with Gasteiger partial charge in [0.05, 0.1) is 0 Å². The van der Waals surface area contributed by atoms with Gasteiger partial charge >= 0.3 is 11.9 Å². The van der Waals surface area contributed by atoms with Crippen LogP contribution < -0.4 is 0 Å². The van der Waals surface area contributed by atoms with E-state index in [-0.39, 0.29) is 41.5 Å². The molecule has 2 fully saturated rings. The number of hydrogen-bond acceptors (Lipinski definition) is 4. The number of benzene rings is 2. The molecule has 2 aromatic rings. The lowest BCUT2D eigenvalue weighted by Gasteiger charge is -2.54. The van der Waals surface area contributed by atoms with Crippen molar-refractivity contribution in [1.82, 2.24) is 0 Å². The highest BCUT2D eigenvalue weighted by Crippen LogP contribution is 2.56. The average molecular weight is 655 g/mol. The minimum absolute atomic E-state index is 0.00603. The predicted octanol–water partition coefficient (Wildman–Crippen LogP) is 10.7. The van der Waals surface area contributed by atoms with Crippen molar-refractivity contribution in [2.45, 2.75) is 173 Å². The van der Waals surface area contributed by atoms with Crippen LogP contribution in [0.2, 0.25) is 0 Å². The van der Waals surface area contributed by atoms with E-state index in [4.69, 9.17) is 9.47 Å². The van der Waals surface area contributed by atoms with E-state index in [1.54, 1.807) is 0 Å². The Morgan fingerprint density at radius 3 is 1.42 bits per heavy atom. The number of rotatable bonds is 8. The van der Waals surface area contributed by atoms with Gasteiger partial charge in [0.1, 0.15) is 11.2 Å². The molecule has 0 amide bonds. The molecule has 0 bridgehead atoms. The minimum atomic E-state index is -0.494. The number of carbonyl (C=O) groups is 2. The maximum Gasteiger partial charge on any atom is 0.306 e. The molecule has 4 heteroatoms. The van der Waals surface area contributed by atoms with Crippen LogP contribution in [0.4, 0.5) is 0 Å². The van der Waals surface area contributed by atoms with Crippen LogP contribution >= 0.6 is 0 Å². The molecule has 262 valence electrons. The Morgan fingerprint density at radius 2 is 1.04 bits per heavy atom. The first-order valence-corrected chi connectivity index (χ1v) is 19.3. The molecule has 6 rings (SSSR count). The summed E-state index contributed by atoms with van der Waals surface area (Å²) in [6.45, 7) is 20.2. The molecule has 4 nitrogen and oxygen atoms in total. The molecule has 2 saturated carbocycles. The molecule has 0 saturated heterocycles. The zero-order valence-electron chi connectivity index (χ0n) is 31.5. The largest absolute Gasteiger partial charge is 0.459 e. The van der Waals surface area contributed by atoms with E-state index in [0.717, 1.165) is 64.2 Å². The topological polar surface area (TPSA) is 52.6 Å². The molecule has 48 heavy (non-hydrogen) atoms. The molecular formula is C44H62O4. The van der Waals surface area contributed by atoms with E-state index >= 15 is 0 Å². The van der Waals surface area contributed by atoms with Crippen LogP contribution in [0.3, 0.4) is 0 Å². The van der Waals surface area contributed by atoms with Gasteiger partial charge in [-0.1, -0.05) is 84.9 Å². The van der Waals surface area contributed by atoms with E-state index in [0.29, 0.717) is 23.7 Å². The van der Waals surface area contributed by atoms with Crippen LogP contribution in [-0.4, -0.2) is 23.1 Å². The number of esters is 2. The Kier molecular flexibility index (Phi) is 9.48. The van der Waals surface area contributed by atoms with Crippen molar-refractivity contribution in [3.05, 3.63) is 69.8 Å². The Hall–Kier alpha value is -2.62. The fourth-order valence-corrected chi connectivity index (χ4v) is 11.1. The molecule has 0 N–H and O–H groups in total. The first kappa shape index (κ1) is 35.2. The van der Waals surface area contributed by atoms with Crippen molar-refractivity contribution in [1.29, 1.82) is 0 Å². The standard InChI is InChI=1S/C44H62O4/c1-28(2)31-12-16-35-33(26-31)14-18-37-41(35,6)20-10-22-43(37,8)47-39(45)24-30(5)25-40(46)48-44(9)23-11-21-42(7)36-17-13-32(29(3)4)27-34(36)15-19-38(42)44/h12-13,16-17,26-30,37-38H,10-11,14-15,18-25H2,1-9H3. The third-order valence-corrected chi connectivity index (χ3v) is 13.7. The lowest BCUT2D eigenvalue weighted by Crippen LogP contribution is -2.55. The number of aryl methyl sites for hydroxylation is 2. The highest BCUT2D eigenvalue weighted by molar-refractivity contribution is 5.74. The van der Waals surface area contributed by atoms with Crippen molar-refractivity contribution in [2.24, 2.45) is 17.8 Å². The van der Waals surface area contributed by atoms with Crippen molar-refractivity contribution >= 4 is 11.9 Å². The van der Waals surface area contributed by atoms with Crippen LogP contribution in [0.1, 0.15) is 172 Å². The van der Waals surface area contributed by atoms with Gasteiger partial charge in [0.2, 0.25) is 0 Å². The Morgan fingerprint density at radius 1 is 0.646 bits per heavy atom. The van der Waals surface area contributed by atoms with Crippen molar-refractivity contribution in [2.75, 3.05) is 0 Å². The molecule has 4 aliphatic rings. The van der Waals surface area contributed by atoms with Gasteiger partial charge in [-0.15, -0.1) is 0 Å². The second-order valence-corrected chi connectivity index (χ2v) is 18.0.